The van der Waals surface area contributed by atoms with E-state index in [-0.39, 0.29) is 6.84 Å². The molecular weight excluding hydrogens is 176 g/mol. The first-order valence-electron chi connectivity index (χ1n) is 4.71. The second-order valence-electron chi connectivity index (χ2n) is 4.35. The van der Waals surface area contributed by atoms with Crippen LogP contribution in [0.5, 0.6) is 11.5 Å². The Morgan fingerprint density at radius 2 is 1.36 bits per heavy atom. The largest absolute Gasteiger partial charge is 0.497 e. The van der Waals surface area contributed by atoms with Crippen LogP contribution in [0.2, 0.25) is 0 Å². The molecule has 1 aromatic carbocycles. The lowest BCUT2D eigenvalue weighted by Crippen LogP contribution is -2.11. The van der Waals surface area contributed by atoms with E-state index in [4.69, 9.17) is 9.47 Å². The van der Waals surface area contributed by atoms with Crippen molar-refractivity contribution in [3.05, 3.63) is 23.8 Å². The Kier molecular flexibility index (Phi) is 3.04. The highest BCUT2D eigenvalue weighted by atomic mass is 16.5. The van der Waals surface area contributed by atoms with Crippen LogP contribution in [-0.4, -0.2) is 14.2 Å². The standard InChI is InChI=1S/C12H18O2.H2/c1-12(2,3)9-6-10(13-4)8-11(7-9)14-5;/h6-8H,1-5H3;1H. The first-order valence-corrected chi connectivity index (χ1v) is 4.71. The zero-order chi connectivity index (χ0) is 10.8. The fourth-order valence-electron chi connectivity index (χ4n) is 1.24. The summed E-state index contributed by atoms with van der Waals surface area (Å²) in [6.45, 7) is 6.50. The van der Waals surface area contributed by atoms with Gasteiger partial charge >= 0.3 is 0 Å². The van der Waals surface area contributed by atoms with E-state index in [1.807, 2.05) is 18.2 Å². The van der Waals surface area contributed by atoms with Gasteiger partial charge in [0.15, 0.2) is 0 Å². The maximum absolute atomic E-state index is 5.21. The van der Waals surface area contributed by atoms with Crippen molar-refractivity contribution >= 4 is 0 Å². The van der Waals surface area contributed by atoms with Crippen LogP contribution < -0.4 is 9.47 Å². The summed E-state index contributed by atoms with van der Waals surface area (Å²) in [7, 11) is 3.34. The lowest BCUT2D eigenvalue weighted by Gasteiger charge is -2.20. The topological polar surface area (TPSA) is 18.5 Å². The highest BCUT2D eigenvalue weighted by molar-refractivity contribution is 5.41. The molecule has 2 heteroatoms. The van der Waals surface area contributed by atoms with Crippen LogP contribution in [0.4, 0.5) is 0 Å². The molecule has 0 bridgehead atoms. The van der Waals surface area contributed by atoms with Crippen LogP contribution in [0, 0.1) is 0 Å². The van der Waals surface area contributed by atoms with E-state index < -0.39 is 0 Å². The van der Waals surface area contributed by atoms with Gasteiger partial charge in [-0.2, -0.15) is 0 Å². The Morgan fingerprint density at radius 1 is 0.929 bits per heavy atom. The van der Waals surface area contributed by atoms with Crippen molar-refractivity contribution in [2.45, 2.75) is 26.2 Å². The summed E-state index contributed by atoms with van der Waals surface area (Å²) in [6, 6.07) is 5.97. The highest BCUT2D eigenvalue weighted by Crippen LogP contribution is 2.30. The molecule has 0 aromatic heterocycles. The van der Waals surface area contributed by atoms with Crippen LogP contribution in [0.15, 0.2) is 18.2 Å². The number of benzene rings is 1. The molecule has 0 unspecified atom stereocenters. The molecule has 0 atom stereocenters. The third kappa shape index (κ3) is 2.41. The molecular formula is C12H20O2. The zero-order valence-electron chi connectivity index (χ0n) is 9.55. The van der Waals surface area contributed by atoms with Gasteiger partial charge in [-0.25, -0.2) is 0 Å². The molecule has 1 aromatic rings. The van der Waals surface area contributed by atoms with Gasteiger partial charge in [0.2, 0.25) is 0 Å². The average molecular weight is 196 g/mol. The fourth-order valence-corrected chi connectivity index (χ4v) is 1.24. The lowest BCUT2D eigenvalue weighted by atomic mass is 9.87. The molecule has 0 spiro atoms. The van der Waals surface area contributed by atoms with Gasteiger partial charge in [0.05, 0.1) is 14.2 Å². The number of hydrogen-bond acceptors (Lipinski definition) is 2. The maximum Gasteiger partial charge on any atom is 0.122 e. The molecule has 0 heterocycles. The van der Waals surface area contributed by atoms with Gasteiger partial charge in [0.1, 0.15) is 11.5 Å². The summed E-state index contributed by atoms with van der Waals surface area (Å²) in [6.07, 6.45) is 0. The van der Waals surface area contributed by atoms with Crippen molar-refractivity contribution in [2.75, 3.05) is 14.2 Å². The van der Waals surface area contributed by atoms with E-state index in [1.54, 1.807) is 14.2 Å². The Bertz CT molecular complexity index is 294. The van der Waals surface area contributed by atoms with Crippen molar-refractivity contribution in [3.8, 4) is 11.5 Å². The molecule has 0 aliphatic rings. The third-order valence-corrected chi connectivity index (χ3v) is 2.22. The predicted octanol–water partition coefficient (Wildman–Crippen LogP) is 3.25. The number of rotatable bonds is 2. The summed E-state index contributed by atoms with van der Waals surface area (Å²) in [5.41, 5.74) is 1.33. The minimum Gasteiger partial charge on any atom is -0.497 e. The molecule has 0 N–H and O–H groups in total. The van der Waals surface area contributed by atoms with Crippen molar-refractivity contribution in [1.29, 1.82) is 0 Å². The monoisotopic (exact) mass is 196 g/mol. The molecule has 0 aliphatic carbocycles. The van der Waals surface area contributed by atoms with Gasteiger partial charge in [-0.05, 0) is 23.1 Å². The quantitative estimate of drug-likeness (QED) is 0.723. The van der Waals surface area contributed by atoms with Gasteiger partial charge < -0.3 is 9.47 Å². The zero-order valence-corrected chi connectivity index (χ0v) is 9.55. The minimum atomic E-state index is 0. The smallest absolute Gasteiger partial charge is 0.122 e. The second-order valence-corrected chi connectivity index (χ2v) is 4.35. The average Bonchev–Trinajstić information content (AvgIpc) is 2.15. The first kappa shape index (κ1) is 10.9. The molecule has 0 amide bonds. The maximum atomic E-state index is 5.21. The van der Waals surface area contributed by atoms with E-state index in [0.29, 0.717) is 0 Å². The minimum absolute atomic E-state index is 0. The van der Waals surface area contributed by atoms with Crippen LogP contribution in [0.3, 0.4) is 0 Å². The van der Waals surface area contributed by atoms with Crippen LogP contribution in [0.25, 0.3) is 0 Å². The van der Waals surface area contributed by atoms with E-state index in [1.165, 1.54) is 5.56 Å². The van der Waals surface area contributed by atoms with Crippen molar-refractivity contribution in [2.24, 2.45) is 0 Å². The number of ether oxygens (including phenoxy) is 2. The van der Waals surface area contributed by atoms with Gasteiger partial charge in [-0.1, -0.05) is 20.8 Å². The van der Waals surface area contributed by atoms with Crippen molar-refractivity contribution in [1.82, 2.24) is 0 Å². The SMILES string of the molecule is COc1cc(OC)cc(C(C)(C)C)c1.[HH]. The van der Waals surface area contributed by atoms with Crippen molar-refractivity contribution < 1.29 is 10.9 Å². The van der Waals surface area contributed by atoms with Crippen molar-refractivity contribution in [3.63, 3.8) is 0 Å². The van der Waals surface area contributed by atoms with Gasteiger partial charge in [-0.15, -0.1) is 0 Å². The third-order valence-electron chi connectivity index (χ3n) is 2.22. The van der Waals surface area contributed by atoms with Gasteiger partial charge in [0.25, 0.3) is 0 Å². The lowest BCUT2D eigenvalue weighted by molar-refractivity contribution is 0.391. The first-order chi connectivity index (χ1) is 6.47. The number of hydrogen-bond donors (Lipinski definition) is 0. The molecule has 0 fully saturated rings. The van der Waals surface area contributed by atoms with Gasteiger partial charge in [-0.3, -0.25) is 0 Å². The summed E-state index contributed by atoms with van der Waals surface area (Å²) >= 11 is 0. The molecule has 80 valence electrons. The molecule has 0 aliphatic heterocycles. The summed E-state index contributed by atoms with van der Waals surface area (Å²) in [5.74, 6) is 1.68. The number of methoxy groups -OCH3 is 2. The highest BCUT2D eigenvalue weighted by Gasteiger charge is 2.15. The predicted molar refractivity (Wildman–Crippen MR) is 60.4 cm³/mol. The summed E-state index contributed by atoms with van der Waals surface area (Å²) in [5, 5.41) is 0. The molecule has 0 saturated heterocycles. The second kappa shape index (κ2) is 3.91. The summed E-state index contributed by atoms with van der Waals surface area (Å²) < 4.78 is 10.4. The molecule has 0 saturated carbocycles. The van der Waals surface area contributed by atoms with Crippen LogP contribution in [-0.2, 0) is 5.41 Å². The van der Waals surface area contributed by atoms with E-state index in [2.05, 4.69) is 20.8 Å². The fraction of sp³-hybridized carbons (Fsp3) is 0.500. The van der Waals surface area contributed by atoms with E-state index >= 15 is 0 Å². The normalized spacial score (nSPS) is 11.2. The van der Waals surface area contributed by atoms with Crippen LogP contribution >= 0.6 is 0 Å². The summed E-state index contributed by atoms with van der Waals surface area (Å²) in [4.78, 5) is 0. The van der Waals surface area contributed by atoms with Gasteiger partial charge in [0, 0.05) is 7.49 Å². The Labute approximate surface area is 87.3 Å². The van der Waals surface area contributed by atoms with Crippen LogP contribution in [0.1, 0.15) is 27.8 Å². The Morgan fingerprint density at radius 3 is 1.64 bits per heavy atom. The molecule has 2 nitrogen and oxygen atoms in total. The Hall–Kier alpha value is -1.18. The Balaban J connectivity index is 0.00000196. The molecule has 14 heavy (non-hydrogen) atoms. The van der Waals surface area contributed by atoms with E-state index in [0.717, 1.165) is 11.5 Å². The molecule has 1 rings (SSSR count). The van der Waals surface area contributed by atoms with E-state index in [9.17, 15) is 0 Å². The molecule has 0 radical (unpaired) electrons.